The van der Waals surface area contributed by atoms with Gasteiger partial charge in [-0.3, -0.25) is 0 Å². The average molecular weight is 487 g/mol. The third kappa shape index (κ3) is 4.61. The quantitative estimate of drug-likeness (QED) is 0.679. The van der Waals surface area contributed by atoms with E-state index in [9.17, 15) is 31.8 Å². The van der Waals surface area contributed by atoms with Crippen LogP contribution >= 0.6 is 23.7 Å². The average Bonchev–Trinajstić information content (AvgIpc) is 3.22. The lowest BCUT2D eigenvalue weighted by Crippen LogP contribution is -2.56. The first kappa shape index (κ1) is 24.9. The lowest BCUT2D eigenvalue weighted by Gasteiger charge is -2.41. The highest BCUT2D eigenvalue weighted by molar-refractivity contribution is 7.89. The van der Waals surface area contributed by atoms with Crippen molar-refractivity contribution in [2.45, 2.75) is 29.6 Å². The lowest BCUT2D eigenvalue weighted by atomic mass is 9.95. The Balaban J connectivity index is 0.00000320. The Morgan fingerprint density at radius 2 is 1.80 bits per heavy atom. The standard InChI is InChI=1S/C18H21F3N2O4S2.ClH/c1-17(25,18(19,20)21)13-2-4-14(5-3-13)23-8-7-22(10-15(23)11-24)29(26,27)16-6-9-28-12-16;/h2-6,9,12,15,24-25H,7-8,10-11H2,1H3;1H. The summed E-state index contributed by atoms with van der Waals surface area (Å²) in [5.74, 6) is 0. The summed E-state index contributed by atoms with van der Waals surface area (Å²) in [6.07, 6.45) is -4.82. The molecule has 2 atom stereocenters. The highest BCUT2D eigenvalue weighted by Gasteiger charge is 2.51. The number of aliphatic hydroxyl groups is 2. The van der Waals surface area contributed by atoms with Gasteiger partial charge in [0, 0.05) is 30.7 Å². The van der Waals surface area contributed by atoms with Crippen molar-refractivity contribution in [3.8, 4) is 0 Å². The second-order valence-corrected chi connectivity index (χ2v) is 9.69. The predicted molar refractivity (Wildman–Crippen MR) is 111 cm³/mol. The number of piperazine rings is 1. The van der Waals surface area contributed by atoms with E-state index in [0.717, 1.165) is 0 Å². The molecular weight excluding hydrogens is 465 g/mol. The molecule has 3 rings (SSSR count). The number of thiophene rings is 1. The molecular formula is C18H22ClF3N2O4S2. The smallest absolute Gasteiger partial charge is 0.394 e. The van der Waals surface area contributed by atoms with Crippen molar-refractivity contribution < 1.29 is 31.8 Å². The molecule has 0 spiro atoms. The van der Waals surface area contributed by atoms with Crippen LogP contribution < -0.4 is 4.90 Å². The summed E-state index contributed by atoms with van der Waals surface area (Å²) < 4.78 is 65.7. The van der Waals surface area contributed by atoms with Crippen LogP contribution in [0, 0.1) is 0 Å². The Morgan fingerprint density at radius 3 is 2.30 bits per heavy atom. The van der Waals surface area contributed by atoms with Crippen LogP contribution in [0.3, 0.4) is 0 Å². The summed E-state index contributed by atoms with van der Waals surface area (Å²) in [6, 6.07) is 6.21. The van der Waals surface area contributed by atoms with Crippen molar-refractivity contribution in [2.24, 2.45) is 0 Å². The van der Waals surface area contributed by atoms with E-state index >= 15 is 0 Å². The number of hydrogen-bond donors (Lipinski definition) is 2. The van der Waals surface area contributed by atoms with Gasteiger partial charge in [0.2, 0.25) is 10.0 Å². The van der Waals surface area contributed by atoms with Crippen LogP contribution in [-0.2, 0) is 15.6 Å². The second kappa shape index (κ2) is 9.01. The number of halogens is 4. The molecule has 1 aromatic heterocycles. The molecule has 1 aromatic carbocycles. The molecule has 1 aliphatic heterocycles. The Kier molecular flexibility index (Phi) is 7.48. The number of benzene rings is 1. The number of anilines is 1. The topological polar surface area (TPSA) is 81.1 Å². The van der Waals surface area contributed by atoms with E-state index in [2.05, 4.69) is 0 Å². The van der Waals surface area contributed by atoms with Crippen LogP contribution in [0.4, 0.5) is 18.9 Å². The molecule has 0 radical (unpaired) electrons. The first-order valence-electron chi connectivity index (χ1n) is 8.78. The predicted octanol–water partition coefficient (Wildman–Crippen LogP) is 2.81. The van der Waals surface area contributed by atoms with E-state index in [4.69, 9.17) is 0 Å². The van der Waals surface area contributed by atoms with Gasteiger partial charge in [-0.05, 0) is 36.1 Å². The first-order valence-corrected chi connectivity index (χ1v) is 11.2. The molecule has 0 saturated carbocycles. The van der Waals surface area contributed by atoms with Gasteiger partial charge in [-0.15, -0.1) is 12.4 Å². The van der Waals surface area contributed by atoms with Gasteiger partial charge in [0.15, 0.2) is 5.60 Å². The van der Waals surface area contributed by atoms with Gasteiger partial charge in [0.1, 0.15) is 0 Å². The Hall–Kier alpha value is -1.37. The third-order valence-electron chi connectivity index (χ3n) is 5.10. The normalized spacial score (nSPS) is 20.5. The van der Waals surface area contributed by atoms with Crippen molar-refractivity contribution >= 4 is 39.5 Å². The van der Waals surface area contributed by atoms with Crippen molar-refractivity contribution in [2.75, 3.05) is 31.1 Å². The van der Waals surface area contributed by atoms with Crippen LogP contribution in [-0.4, -0.2) is 61.4 Å². The van der Waals surface area contributed by atoms with E-state index in [0.29, 0.717) is 12.6 Å². The molecule has 168 valence electrons. The van der Waals surface area contributed by atoms with E-state index < -0.39 is 27.8 Å². The molecule has 1 fully saturated rings. The molecule has 12 heteroatoms. The zero-order valence-electron chi connectivity index (χ0n) is 15.9. The summed E-state index contributed by atoms with van der Waals surface area (Å²) >= 11 is 1.27. The maximum Gasteiger partial charge on any atom is 0.421 e. The fourth-order valence-corrected chi connectivity index (χ4v) is 5.71. The number of rotatable bonds is 5. The van der Waals surface area contributed by atoms with Gasteiger partial charge < -0.3 is 15.1 Å². The lowest BCUT2D eigenvalue weighted by molar-refractivity contribution is -0.258. The maximum atomic E-state index is 13.0. The van der Waals surface area contributed by atoms with Gasteiger partial charge in [0.25, 0.3) is 0 Å². The largest absolute Gasteiger partial charge is 0.421 e. The minimum absolute atomic E-state index is 0. The summed E-state index contributed by atoms with van der Waals surface area (Å²) in [5, 5.41) is 22.8. The minimum Gasteiger partial charge on any atom is -0.394 e. The van der Waals surface area contributed by atoms with Gasteiger partial charge in [-0.25, -0.2) is 8.42 Å². The fourth-order valence-electron chi connectivity index (χ4n) is 3.23. The molecule has 30 heavy (non-hydrogen) atoms. The van der Waals surface area contributed by atoms with E-state index in [-0.39, 0.29) is 49.1 Å². The molecule has 2 N–H and O–H groups in total. The summed E-state index contributed by atoms with van der Waals surface area (Å²) in [7, 11) is -3.66. The number of alkyl halides is 3. The maximum absolute atomic E-state index is 13.0. The zero-order chi connectivity index (χ0) is 21.4. The Morgan fingerprint density at radius 1 is 1.17 bits per heavy atom. The van der Waals surface area contributed by atoms with Crippen LogP contribution in [0.15, 0.2) is 46.0 Å². The van der Waals surface area contributed by atoms with Gasteiger partial charge in [-0.1, -0.05) is 12.1 Å². The summed E-state index contributed by atoms with van der Waals surface area (Å²) in [4.78, 5) is 1.96. The van der Waals surface area contributed by atoms with Crippen LogP contribution in [0.2, 0.25) is 0 Å². The van der Waals surface area contributed by atoms with Crippen LogP contribution in [0.1, 0.15) is 12.5 Å². The zero-order valence-corrected chi connectivity index (χ0v) is 18.4. The van der Waals surface area contributed by atoms with Crippen molar-refractivity contribution in [3.05, 3.63) is 46.7 Å². The van der Waals surface area contributed by atoms with Gasteiger partial charge in [-0.2, -0.15) is 28.8 Å². The van der Waals surface area contributed by atoms with E-state index in [1.807, 2.05) is 0 Å². The van der Waals surface area contributed by atoms with Crippen molar-refractivity contribution in [1.82, 2.24) is 4.31 Å². The molecule has 1 saturated heterocycles. The molecule has 0 amide bonds. The molecule has 1 aliphatic rings. The van der Waals surface area contributed by atoms with Crippen LogP contribution in [0.25, 0.3) is 0 Å². The monoisotopic (exact) mass is 486 g/mol. The Labute approximate surface area is 183 Å². The molecule has 6 nitrogen and oxygen atoms in total. The summed E-state index contributed by atoms with van der Waals surface area (Å²) in [5.41, 5.74) is -2.73. The molecule has 2 unspecified atom stereocenters. The van der Waals surface area contributed by atoms with E-state index in [1.54, 1.807) is 15.7 Å². The van der Waals surface area contributed by atoms with Gasteiger partial charge in [0.05, 0.1) is 17.5 Å². The second-order valence-electron chi connectivity index (χ2n) is 6.97. The van der Waals surface area contributed by atoms with Crippen molar-refractivity contribution in [1.29, 1.82) is 0 Å². The third-order valence-corrected chi connectivity index (χ3v) is 7.80. The number of hydrogen-bond acceptors (Lipinski definition) is 6. The minimum atomic E-state index is -4.82. The van der Waals surface area contributed by atoms with Crippen LogP contribution in [0.5, 0.6) is 0 Å². The Bertz CT molecular complexity index is 935. The van der Waals surface area contributed by atoms with Crippen molar-refractivity contribution in [3.63, 3.8) is 0 Å². The summed E-state index contributed by atoms with van der Waals surface area (Å²) in [6.45, 7) is 0.862. The first-order chi connectivity index (χ1) is 13.5. The number of aliphatic hydroxyl groups excluding tert-OH is 1. The highest BCUT2D eigenvalue weighted by atomic mass is 35.5. The fraction of sp³-hybridized carbons (Fsp3) is 0.444. The van der Waals surface area contributed by atoms with Gasteiger partial charge >= 0.3 is 6.18 Å². The molecule has 0 aliphatic carbocycles. The SMILES string of the molecule is CC(O)(c1ccc(N2CCN(S(=O)(=O)c3ccsc3)CC2CO)cc1)C(F)(F)F.Cl. The number of sulfonamides is 1. The molecule has 2 aromatic rings. The van der Waals surface area contributed by atoms with E-state index in [1.165, 1.54) is 46.0 Å². The number of nitrogens with zero attached hydrogens (tertiary/aromatic N) is 2. The molecule has 2 heterocycles. The molecule has 0 bridgehead atoms. The highest BCUT2D eigenvalue weighted by Crippen LogP contribution is 2.39.